The van der Waals surface area contributed by atoms with Crippen molar-refractivity contribution in [1.82, 2.24) is 4.90 Å². The highest BCUT2D eigenvalue weighted by Gasteiger charge is 2.40. The van der Waals surface area contributed by atoms with E-state index in [2.05, 4.69) is 38.8 Å². The van der Waals surface area contributed by atoms with Crippen molar-refractivity contribution in [1.29, 1.82) is 0 Å². The van der Waals surface area contributed by atoms with E-state index in [0.29, 0.717) is 24.9 Å². The molecule has 0 heterocycles. The van der Waals surface area contributed by atoms with Crippen molar-refractivity contribution >= 4 is 17.6 Å². The SMILES string of the molecule is CCO[Si](C)(OCC)OCC(N(C1CCCCC1)C(C)(C)C)[SiH](C)C. The molecule has 1 unspecified atom stereocenters. The minimum atomic E-state index is -2.52. The van der Waals surface area contributed by atoms with E-state index in [-0.39, 0.29) is 5.54 Å². The maximum Gasteiger partial charge on any atom is 0.497 e. The van der Waals surface area contributed by atoms with Gasteiger partial charge in [-0.25, -0.2) is 0 Å². The molecule has 4 nitrogen and oxygen atoms in total. The first-order valence-electron chi connectivity index (χ1n) is 10.3. The van der Waals surface area contributed by atoms with Gasteiger partial charge in [-0.1, -0.05) is 32.4 Å². The van der Waals surface area contributed by atoms with E-state index in [1.165, 1.54) is 32.1 Å². The zero-order chi connectivity index (χ0) is 19.1. The molecule has 1 aliphatic carbocycles. The molecule has 0 N–H and O–H groups in total. The van der Waals surface area contributed by atoms with Gasteiger partial charge >= 0.3 is 8.80 Å². The Morgan fingerprint density at radius 2 is 1.52 bits per heavy atom. The van der Waals surface area contributed by atoms with Crippen LogP contribution in [0.3, 0.4) is 0 Å². The number of hydrogen-bond acceptors (Lipinski definition) is 4. The van der Waals surface area contributed by atoms with E-state index in [4.69, 9.17) is 13.3 Å². The van der Waals surface area contributed by atoms with E-state index < -0.39 is 17.6 Å². The largest absolute Gasteiger partial charge is 0.497 e. The van der Waals surface area contributed by atoms with Gasteiger partial charge in [-0.2, -0.15) is 0 Å². The van der Waals surface area contributed by atoms with Gasteiger partial charge in [-0.05, 0) is 47.5 Å². The number of rotatable bonds is 10. The fraction of sp³-hybridized carbons (Fsp3) is 1.00. The predicted octanol–water partition coefficient (Wildman–Crippen LogP) is 4.47. The molecule has 6 heteroatoms. The van der Waals surface area contributed by atoms with Gasteiger partial charge in [0.1, 0.15) is 0 Å². The fourth-order valence-corrected chi connectivity index (χ4v) is 7.93. The molecule has 1 fully saturated rings. The van der Waals surface area contributed by atoms with Crippen molar-refractivity contribution in [2.45, 2.75) is 104 Å². The van der Waals surface area contributed by atoms with Gasteiger partial charge in [0.25, 0.3) is 0 Å². The highest BCUT2D eigenvalue weighted by atomic mass is 28.4. The third kappa shape index (κ3) is 7.42. The average Bonchev–Trinajstić information content (AvgIpc) is 2.51. The number of nitrogens with zero attached hydrogens (tertiary/aromatic N) is 1. The van der Waals surface area contributed by atoms with Crippen LogP contribution < -0.4 is 0 Å². The lowest BCUT2D eigenvalue weighted by atomic mass is 9.90. The van der Waals surface area contributed by atoms with E-state index in [1.807, 2.05) is 20.4 Å². The van der Waals surface area contributed by atoms with Gasteiger partial charge in [0, 0.05) is 37.0 Å². The van der Waals surface area contributed by atoms with E-state index in [0.717, 1.165) is 6.61 Å². The third-order valence-electron chi connectivity index (χ3n) is 5.20. The summed E-state index contributed by atoms with van der Waals surface area (Å²) >= 11 is 0. The zero-order valence-electron chi connectivity index (χ0n) is 18.1. The Balaban J connectivity index is 2.92. The van der Waals surface area contributed by atoms with Gasteiger partial charge in [0.2, 0.25) is 0 Å². The Morgan fingerprint density at radius 1 is 1.00 bits per heavy atom. The lowest BCUT2D eigenvalue weighted by molar-refractivity contribution is 0.00458. The zero-order valence-corrected chi connectivity index (χ0v) is 20.2. The summed E-state index contributed by atoms with van der Waals surface area (Å²) in [5.74, 6) is 0. The summed E-state index contributed by atoms with van der Waals surface area (Å²) in [4.78, 5) is 2.80. The molecule has 0 aromatic carbocycles. The molecule has 0 aliphatic heterocycles. The predicted molar refractivity (Wildman–Crippen MR) is 112 cm³/mol. The molecule has 0 aromatic rings. The van der Waals surface area contributed by atoms with E-state index in [9.17, 15) is 0 Å². The maximum absolute atomic E-state index is 6.39. The second-order valence-corrected chi connectivity index (χ2v) is 14.6. The van der Waals surface area contributed by atoms with Crippen molar-refractivity contribution < 1.29 is 13.3 Å². The Kier molecular flexibility index (Phi) is 9.85. The Bertz CT molecular complexity index is 362. The average molecular weight is 390 g/mol. The molecule has 0 saturated heterocycles. The van der Waals surface area contributed by atoms with Gasteiger partial charge in [0.15, 0.2) is 0 Å². The molecular weight excluding hydrogens is 346 g/mol. The molecule has 0 aromatic heterocycles. The van der Waals surface area contributed by atoms with Crippen LogP contribution in [-0.2, 0) is 13.3 Å². The lowest BCUT2D eigenvalue weighted by Gasteiger charge is -2.49. The summed E-state index contributed by atoms with van der Waals surface area (Å²) in [6.45, 7) is 20.1. The van der Waals surface area contributed by atoms with Gasteiger partial charge in [-0.15, -0.1) is 0 Å². The van der Waals surface area contributed by atoms with Crippen LogP contribution in [0.25, 0.3) is 0 Å². The monoisotopic (exact) mass is 389 g/mol. The molecule has 1 saturated carbocycles. The molecule has 0 amide bonds. The molecule has 0 bridgehead atoms. The smallest absolute Gasteiger partial charge is 0.374 e. The standard InChI is InChI=1S/C19H43NO3Si2/c1-9-21-25(8,22-10-2)23-16-18(24(6)7)20(19(3,4)5)17-14-12-11-13-15-17/h17-18,24H,9-16H2,1-8H3. The van der Waals surface area contributed by atoms with Crippen molar-refractivity contribution in [3.05, 3.63) is 0 Å². The summed E-state index contributed by atoms with van der Waals surface area (Å²) in [7, 11) is -3.45. The van der Waals surface area contributed by atoms with Crippen molar-refractivity contribution in [3.8, 4) is 0 Å². The number of hydrogen-bond donors (Lipinski definition) is 0. The molecule has 1 aliphatic rings. The summed E-state index contributed by atoms with van der Waals surface area (Å²) in [5.41, 5.74) is 0.693. The summed E-state index contributed by atoms with van der Waals surface area (Å²) < 4.78 is 18.2. The molecule has 150 valence electrons. The third-order valence-corrected chi connectivity index (χ3v) is 9.57. The first-order chi connectivity index (χ1) is 11.6. The summed E-state index contributed by atoms with van der Waals surface area (Å²) in [5, 5.41) is 0. The minimum absolute atomic E-state index is 0.169. The highest BCUT2D eigenvalue weighted by Crippen LogP contribution is 2.31. The normalized spacial score (nSPS) is 19.0. The van der Waals surface area contributed by atoms with Crippen molar-refractivity contribution in [2.24, 2.45) is 0 Å². The quantitative estimate of drug-likeness (QED) is 0.516. The molecule has 1 rings (SSSR count). The van der Waals surface area contributed by atoms with Crippen LogP contribution in [0.1, 0.15) is 66.7 Å². The second kappa shape index (κ2) is 10.6. The lowest BCUT2D eigenvalue weighted by Crippen LogP contribution is -2.61. The molecule has 0 spiro atoms. The van der Waals surface area contributed by atoms with Crippen LogP contribution in [0.4, 0.5) is 0 Å². The Morgan fingerprint density at radius 3 is 1.92 bits per heavy atom. The van der Waals surface area contributed by atoms with Crippen molar-refractivity contribution in [3.63, 3.8) is 0 Å². The highest BCUT2D eigenvalue weighted by molar-refractivity contribution is 6.60. The Labute approximate surface area is 159 Å². The van der Waals surface area contributed by atoms with Gasteiger partial charge in [0.05, 0.1) is 15.4 Å². The minimum Gasteiger partial charge on any atom is -0.374 e. The van der Waals surface area contributed by atoms with Crippen LogP contribution >= 0.6 is 0 Å². The molecular formula is C19H43NO3Si2. The maximum atomic E-state index is 6.39. The van der Waals surface area contributed by atoms with Crippen molar-refractivity contribution in [2.75, 3.05) is 19.8 Å². The second-order valence-electron chi connectivity index (χ2n) is 8.72. The van der Waals surface area contributed by atoms with E-state index >= 15 is 0 Å². The van der Waals surface area contributed by atoms with Crippen LogP contribution in [0.5, 0.6) is 0 Å². The van der Waals surface area contributed by atoms with Crippen LogP contribution in [0, 0.1) is 0 Å². The Hall–Kier alpha value is 0.274. The molecule has 25 heavy (non-hydrogen) atoms. The van der Waals surface area contributed by atoms with Gasteiger partial charge in [-0.3, -0.25) is 4.90 Å². The summed E-state index contributed by atoms with van der Waals surface area (Å²) in [6, 6.07) is 0.698. The van der Waals surface area contributed by atoms with Gasteiger partial charge < -0.3 is 13.3 Å². The fourth-order valence-electron chi connectivity index (χ4n) is 4.16. The topological polar surface area (TPSA) is 30.9 Å². The van der Waals surface area contributed by atoms with Crippen LogP contribution in [0.2, 0.25) is 19.6 Å². The van der Waals surface area contributed by atoms with Crippen LogP contribution in [0.15, 0.2) is 0 Å². The van der Waals surface area contributed by atoms with E-state index in [1.54, 1.807) is 0 Å². The first kappa shape index (κ1) is 23.3. The molecule has 0 radical (unpaired) electrons. The van der Waals surface area contributed by atoms with Crippen LogP contribution in [-0.4, -0.2) is 59.6 Å². The first-order valence-corrected chi connectivity index (χ1v) is 15.5. The summed E-state index contributed by atoms with van der Waals surface area (Å²) in [6.07, 6.45) is 6.80. The molecule has 1 atom stereocenters.